The number of piperidine rings is 1. The number of nitrogens with one attached hydrogen (secondary N) is 1. The number of hydrogen-bond acceptors (Lipinski definition) is 6. The summed E-state index contributed by atoms with van der Waals surface area (Å²) >= 11 is 0. The number of carbonyl (C=O) groups is 1. The van der Waals surface area contributed by atoms with E-state index in [-0.39, 0.29) is 5.91 Å². The van der Waals surface area contributed by atoms with Crippen LogP contribution in [-0.4, -0.2) is 69.3 Å². The second kappa shape index (κ2) is 12.2. The average molecular weight is 484 g/mol. The third kappa shape index (κ3) is 7.34. The predicted molar refractivity (Wildman–Crippen MR) is 148 cm³/mol. The van der Waals surface area contributed by atoms with Crippen LogP contribution in [-0.2, 0) is 4.79 Å². The summed E-state index contributed by atoms with van der Waals surface area (Å²) in [6.07, 6.45) is 4.76. The lowest BCUT2D eigenvalue weighted by molar-refractivity contribution is -0.136. The highest BCUT2D eigenvalue weighted by molar-refractivity contribution is 5.91. The SMILES string of the molecule is C=C(/N=C\C(=C(C)C)N(C)C(=O)C(C)(C)CC)Nc1cc(N2CCC(N(C)C)CC2)ccc1OC. The lowest BCUT2D eigenvalue weighted by Gasteiger charge is -2.36. The van der Waals surface area contributed by atoms with Gasteiger partial charge in [0, 0.05) is 37.3 Å². The summed E-state index contributed by atoms with van der Waals surface area (Å²) in [5.41, 5.74) is 3.30. The van der Waals surface area contributed by atoms with Crippen LogP contribution in [0.3, 0.4) is 0 Å². The van der Waals surface area contributed by atoms with E-state index in [9.17, 15) is 4.79 Å². The standard InChI is InChI=1S/C28H45N5O2/c1-11-28(5,6)27(34)32(9)25(20(2)3)19-29-21(4)30-24-18-23(12-13-26(24)35-10)33-16-14-22(15-17-33)31(7)8/h12-13,18-19,22,30H,4,11,14-17H2,1-3,5-10H3/b29-19-. The zero-order valence-corrected chi connectivity index (χ0v) is 23.2. The van der Waals surface area contributed by atoms with E-state index in [0.29, 0.717) is 11.9 Å². The number of ether oxygens (including phenoxy) is 1. The Kier molecular flexibility index (Phi) is 9.95. The van der Waals surface area contributed by atoms with Crippen molar-refractivity contribution in [2.45, 2.75) is 59.9 Å². The Morgan fingerprint density at radius 3 is 2.40 bits per heavy atom. The molecule has 1 fully saturated rings. The third-order valence-electron chi connectivity index (χ3n) is 7.01. The van der Waals surface area contributed by atoms with E-state index in [0.717, 1.165) is 60.7 Å². The number of allylic oxidation sites excluding steroid dienone is 2. The molecule has 0 radical (unpaired) electrons. The van der Waals surface area contributed by atoms with Gasteiger partial charge in [-0.1, -0.05) is 32.9 Å². The first kappa shape index (κ1) is 28.4. The van der Waals surface area contributed by atoms with Crippen molar-refractivity contribution >= 4 is 23.5 Å². The zero-order valence-electron chi connectivity index (χ0n) is 23.2. The first-order chi connectivity index (χ1) is 16.4. The zero-order chi connectivity index (χ0) is 26.3. The Morgan fingerprint density at radius 1 is 1.26 bits per heavy atom. The Morgan fingerprint density at radius 2 is 1.89 bits per heavy atom. The van der Waals surface area contributed by atoms with Crippen LogP contribution >= 0.6 is 0 Å². The fraction of sp³-hybridized carbons (Fsp3) is 0.571. The van der Waals surface area contributed by atoms with Gasteiger partial charge in [0.25, 0.3) is 0 Å². The molecule has 0 aromatic heterocycles. The highest BCUT2D eigenvalue weighted by Crippen LogP contribution is 2.32. The predicted octanol–water partition coefficient (Wildman–Crippen LogP) is 5.37. The van der Waals surface area contributed by atoms with Crippen molar-refractivity contribution in [2.75, 3.05) is 51.6 Å². The Hall–Kier alpha value is -2.80. The van der Waals surface area contributed by atoms with Crippen molar-refractivity contribution in [1.82, 2.24) is 9.80 Å². The summed E-state index contributed by atoms with van der Waals surface area (Å²) in [6.45, 7) is 16.0. The monoisotopic (exact) mass is 483 g/mol. The highest BCUT2D eigenvalue weighted by atomic mass is 16.5. The highest BCUT2D eigenvalue weighted by Gasteiger charge is 2.30. The Bertz CT molecular complexity index is 952. The molecule has 7 heteroatoms. The molecule has 1 amide bonds. The van der Waals surface area contributed by atoms with Crippen LogP contribution < -0.4 is 15.0 Å². The fourth-order valence-corrected chi connectivity index (χ4v) is 4.22. The van der Waals surface area contributed by atoms with Gasteiger partial charge in [0.2, 0.25) is 5.91 Å². The van der Waals surface area contributed by atoms with E-state index in [1.54, 1.807) is 25.3 Å². The molecule has 1 aromatic carbocycles. The summed E-state index contributed by atoms with van der Waals surface area (Å²) in [4.78, 5) is 23.9. The number of anilines is 2. The van der Waals surface area contributed by atoms with E-state index in [4.69, 9.17) is 4.74 Å². The molecule has 7 nitrogen and oxygen atoms in total. The third-order valence-corrected chi connectivity index (χ3v) is 7.01. The molecular formula is C28H45N5O2. The van der Waals surface area contributed by atoms with Crippen LogP contribution in [0.2, 0.25) is 0 Å². The van der Waals surface area contributed by atoms with Gasteiger partial charge in [-0.2, -0.15) is 0 Å². The van der Waals surface area contributed by atoms with Gasteiger partial charge in [-0.05, 0) is 65.4 Å². The number of amides is 1. The lowest BCUT2D eigenvalue weighted by atomic mass is 9.88. The van der Waals surface area contributed by atoms with Crippen molar-refractivity contribution < 1.29 is 9.53 Å². The van der Waals surface area contributed by atoms with Crippen molar-refractivity contribution in [3.05, 3.63) is 41.9 Å². The molecule has 0 saturated carbocycles. The molecule has 1 aliphatic rings. The molecule has 0 atom stereocenters. The number of methoxy groups -OCH3 is 1. The van der Waals surface area contributed by atoms with Crippen LogP contribution in [0.4, 0.5) is 11.4 Å². The topological polar surface area (TPSA) is 60.4 Å². The molecule has 2 rings (SSSR count). The largest absolute Gasteiger partial charge is 0.495 e. The summed E-state index contributed by atoms with van der Waals surface area (Å²) < 4.78 is 5.58. The minimum atomic E-state index is -0.437. The van der Waals surface area contributed by atoms with Gasteiger partial charge in [0.05, 0.1) is 24.7 Å². The molecular weight excluding hydrogens is 438 g/mol. The summed E-state index contributed by atoms with van der Waals surface area (Å²) in [5.74, 6) is 1.27. The lowest BCUT2D eigenvalue weighted by Crippen LogP contribution is -2.41. The molecule has 1 N–H and O–H groups in total. The molecule has 1 aromatic rings. The number of benzene rings is 1. The number of hydrogen-bond donors (Lipinski definition) is 1. The van der Waals surface area contributed by atoms with Crippen molar-refractivity contribution in [2.24, 2.45) is 10.4 Å². The van der Waals surface area contributed by atoms with Gasteiger partial charge in [0.1, 0.15) is 11.6 Å². The fourth-order valence-electron chi connectivity index (χ4n) is 4.22. The van der Waals surface area contributed by atoms with Gasteiger partial charge in [-0.25, -0.2) is 4.99 Å². The molecule has 1 saturated heterocycles. The normalized spacial score (nSPS) is 14.9. The molecule has 0 unspecified atom stereocenters. The van der Waals surface area contributed by atoms with Crippen molar-refractivity contribution in [1.29, 1.82) is 0 Å². The van der Waals surface area contributed by atoms with E-state index in [1.165, 1.54) is 0 Å². The number of carbonyl (C=O) groups excluding carboxylic acids is 1. The summed E-state index contributed by atoms with van der Waals surface area (Å²) in [5, 5.41) is 3.29. The minimum absolute atomic E-state index is 0.0635. The van der Waals surface area contributed by atoms with Gasteiger partial charge in [-0.3, -0.25) is 4.79 Å². The van der Waals surface area contributed by atoms with Gasteiger partial charge >= 0.3 is 0 Å². The van der Waals surface area contributed by atoms with Crippen molar-refractivity contribution in [3.8, 4) is 5.75 Å². The maximum Gasteiger partial charge on any atom is 0.232 e. The van der Waals surface area contributed by atoms with Crippen LogP contribution in [0, 0.1) is 5.41 Å². The molecule has 0 bridgehead atoms. The van der Waals surface area contributed by atoms with E-state index >= 15 is 0 Å². The molecule has 1 aliphatic heterocycles. The number of nitrogens with zero attached hydrogens (tertiary/aromatic N) is 4. The van der Waals surface area contributed by atoms with Gasteiger partial charge in [-0.15, -0.1) is 0 Å². The van der Waals surface area contributed by atoms with Crippen molar-refractivity contribution in [3.63, 3.8) is 0 Å². The summed E-state index contributed by atoms with van der Waals surface area (Å²) in [7, 11) is 7.77. The summed E-state index contributed by atoms with van der Waals surface area (Å²) in [6, 6.07) is 6.81. The van der Waals surface area contributed by atoms with Crippen LogP contribution in [0.15, 0.2) is 46.9 Å². The molecule has 1 heterocycles. The quantitative estimate of drug-likeness (QED) is 0.454. The maximum atomic E-state index is 13.0. The molecule has 35 heavy (non-hydrogen) atoms. The van der Waals surface area contributed by atoms with Gasteiger partial charge in [0.15, 0.2) is 0 Å². The van der Waals surface area contributed by atoms with Crippen LogP contribution in [0.1, 0.15) is 53.9 Å². The second-order valence-corrected chi connectivity index (χ2v) is 10.4. The smallest absolute Gasteiger partial charge is 0.232 e. The molecule has 0 spiro atoms. The van der Waals surface area contributed by atoms with E-state index in [1.807, 2.05) is 40.7 Å². The minimum Gasteiger partial charge on any atom is -0.495 e. The number of aliphatic imine (C=N–C) groups is 1. The van der Waals surface area contributed by atoms with Crippen LogP contribution in [0.25, 0.3) is 0 Å². The molecule has 0 aliphatic carbocycles. The Balaban J connectivity index is 2.17. The number of rotatable bonds is 10. The average Bonchev–Trinajstić information content (AvgIpc) is 2.83. The second-order valence-electron chi connectivity index (χ2n) is 10.4. The van der Waals surface area contributed by atoms with E-state index < -0.39 is 5.41 Å². The first-order valence-electron chi connectivity index (χ1n) is 12.5. The first-order valence-corrected chi connectivity index (χ1v) is 12.5. The maximum absolute atomic E-state index is 13.0. The van der Waals surface area contributed by atoms with Gasteiger partial charge < -0.3 is 24.8 Å². The van der Waals surface area contributed by atoms with Crippen LogP contribution in [0.5, 0.6) is 5.75 Å². The molecule has 194 valence electrons. The Labute approximate surface area is 212 Å². The van der Waals surface area contributed by atoms with E-state index in [2.05, 4.69) is 52.9 Å².